The average Bonchev–Trinajstić information content (AvgIpc) is 2.54. The molecule has 2 aromatic carbocycles. The molecule has 1 N–H and O–H groups in total. The maximum Gasteiger partial charge on any atom is 0.257 e. The smallest absolute Gasteiger partial charge is 0.257 e. The normalized spacial score (nSPS) is 12.7. The second kappa shape index (κ2) is 6.62. The Balaban J connectivity index is 2.21. The van der Waals surface area contributed by atoms with Crippen LogP contribution < -0.4 is 5.06 Å². The molecule has 0 fully saturated rings. The van der Waals surface area contributed by atoms with Gasteiger partial charge in [0.15, 0.2) is 0 Å². The summed E-state index contributed by atoms with van der Waals surface area (Å²) >= 11 is 0. The molecule has 22 heavy (non-hydrogen) atoms. The average molecular weight is 298 g/mol. The van der Waals surface area contributed by atoms with E-state index in [0.717, 1.165) is 9.80 Å². The molecule has 0 aromatic heterocycles. The molecule has 0 spiro atoms. The van der Waals surface area contributed by atoms with Gasteiger partial charge in [-0.3, -0.25) is 5.21 Å². The first-order valence-corrected chi connectivity index (χ1v) is 7.31. The van der Waals surface area contributed by atoms with Crippen molar-refractivity contribution in [3.8, 4) is 0 Å². The number of nitrogens with zero attached hydrogens (tertiary/aromatic N) is 2. The van der Waals surface area contributed by atoms with E-state index in [1.165, 1.54) is 0 Å². The van der Waals surface area contributed by atoms with Crippen molar-refractivity contribution in [3.63, 3.8) is 0 Å². The van der Waals surface area contributed by atoms with Gasteiger partial charge >= 0.3 is 0 Å². The maximum absolute atomic E-state index is 12.6. The molecule has 4 heteroatoms. The molecule has 1 radical (unpaired) electrons. The van der Waals surface area contributed by atoms with Crippen LogP contribution in [0.25, 0.3) is 0 Å². The van der Waals surface area contributed by atoms with Gasteiger partial charge in [-0.25, -0.2) is 5.06 Å². The van der Waals surface area contributed by atoms with E-state index in [0.29, 0.717) is 23.5 Å². The van der Waals surface area contributed by atoms with E-state index in [4.69, 9.17) is 0 Å². The standard InChI is InChI=1S/C18H22N2O2/c1-15(19(21)16-10-6-4-7-11-16)14-18(2,3)20(22)17-12-8-5-9-13-17/h4-13,21H,14H2,1-3H3/q+1/b19-15-. The lowest BCUT2D eigenvalue weighted by Crippen LogP contribution is -2.43. The number of benzene rings is 2. The molecule has 2 aromatic rings. The van der Waals surface area contributed by atoms with Gasteiger partial charge < -0.3 is 0 Å². The zero-order chi connectivity index (χ0) is 16.2. The molecular formula is C18H22N2O2+. The molecule has 0 saturated carbocycles. The zero-order valence-corrected chi connectivity index (χ0v) is 13.2. The lowest BCUT2D eigenvalue weighted by atomic mass is 9.96. The molecule has 0 aliphatic rings. The summed E-state index contributed by atoms with van der Waals surface area (Å²) in [7, 11) is 0. The molecule has 0 amide bonds. The molecule has 0 aliphatic heterocycles. The van der Waals surface area contributed by atoms with Crippen molar-refractivity contribution in [2.24, 2.45) is 0 Å². The molecule has 2 rings (SSSR count). The van der Waals surface area contributed by atoms with Crippen molar-refractivity contribution in [2.45, 2.75) is 32.7 Å². The number of para-hydroxylation sites is 2. The molecule has 0 saturated heterocycles. The largest absolute Gasteiger partial charge is 0.285 e. The van der Waals surface area contributed by atoms with Crippen LogP contribution in [0.3, 0.4) is 0 Å². The van der Waals surface area contributed by atoms with Crippen LogP contribution in [0.1, 0.15) is 27.2 Å². The second-order valence-corrected chi connectivity index (χ2v) is 6.00. The van der Waals surface area contributed by atoms with E-state index in [-0.39, 0.29) is 0 Å². The SMILES string of the molecule is C/C(CC(C)(C)N([O])c1ccccc1)=[N+](/O)c1ccccc1. The molecule has 0 atom stereocenters. The topological polar surface area (TPSA) is 46.4 Å². The number of hydrogen-bond acceptors (Lipinski definition) is 2. The van der Waals surface area contributed by atoms with E-state index in [9.17, 15) is 10.4 Å². The van der Waals surface area contributed by atoms with Gasteiger partial charge in [-0.15, -0.1) is 0 Å². The Morgan fingerprint density at radius 1 is 1.05 bits per heavy atom. The lowest BCUT2D eigenvalue weighted by Gasteiger charge is -2.31. The minimum Gasteiger partial charge on any atom is -0.285 e. The van der Waals surface area contributed by atoms with Crippen molar-refractivity contribution >= 4 is 17.1 Å². The Morgan fingerprint density at radius 2 is 1.55 bits per heavy atom. The van der Waals surface area contributed by atoms with Crippen LogP contribution in [-0.2, 0) is 5.21 Å². The molecule has 0 aliphatic carbocycles. The van der Waals surface area contributed by atoms with Gasteiger partial charge in [0, 0.05) is 23.8 Å². The third kappa shape index (κ3) is 3.65. The van der Waals surface area contributed by atoms with E-state index in [1.807, 2.05) is 69.3 Å². The Labute approximate surface area is 131 Å². The molecule has 115 valence electrons. The van der Waals surface area contributed by atoms with Gasteiger partial charge in [0.2, 0.25) is 5.71 Å². The minimum atomic E-state index is -0.665. The highest BCUT2D eigenvalue weighted by atomic mass is 16.5. The summed E-state index contributed by atoms with van der Waals surface area (Å²) in [6, 6.07) is 18.4. The van der Waals surface area contributed by atoms with Crippen molar-refractivity contribution in [1.82, 2.24) is 0 Å². The van der Waals surface area contributed by atoms with Gasteiger partial charge in [0.1, 0.15) is 0 Å². The predicted molar refractivity (Wildman–Crippen MR) is 87.1 cm³/mol. The van der Waals surface area contributed by atoms with Gasteiger partial charge in [0.05, 0.1) is 17.6 Å². The Bertz CT molecular complexity index is 637. The first kappa shape index (κ1) is 16.0. The van der Waals surface area contributed by atoms with Crippen LogP contribution in [0.15, 0.2) is 60.7 Å². The zero-order valence-electron chi connectivity index (χ0n) is 13.2. The van der Waals surface area contributed by atoms with E-state index in [2.05, 4.69) is 0 Å². The molecule has 0 unspecified atom stereocenters. The van der Waals surface area contributed by atoms with E-state index in [1.54, 1.807) is 12.1 Å². The molecule has 0 heterocycles. The Kier molecular flexibility index (Phi) is 4.83. The van der Waals surface area contributed by atoms with Gasteiger partial charge in [-0.2, -0.15) is 0 Å². The predicted octanol–water partition coefficient (Wildman–Crippen LogP) is 4.20. The fraction of sp³-hybridized carbons (Fsp3) is 0.278. The quantitative estimate of drug-likeness (QED) is 0.389. The third-order valence-corrected chi connectivity index (χ3v) is 3.59. The molecule has 4 nitrogen and oxygen atoms in total. The van der Waals surface area contributed by atoms with Crippen molar-refractivity contribution in [2.75, 3.05) is 5.06 Å². The van der Waals surface area contributed by atoms with Gasteiger partial charge in [-0.05, 0) is 26.0 Å². The fourth-order valence-electron chi connectivity index (χ4n) is 2.48. The summed E-state index contributed by atoms with van der Waals surface area (Å²) in [6.45, 7) is 5.57. The van der Waals surface area contributed by atoms with Crippen molar-refractivity contribution in [3.05, 3.63) is 60.7 Å². The van der Waals surface area contributed by atoms with Crippen LogP contribution in [0, 0.1) is 0 Å². The summed E-state index contributed by atoms with van der Waals surface area (Å²) in [5.41, 5.74) is 1.35. The van der Waals surface area contributed by atoms with Crippen molar-refractivity contribution in [1.29, 1.82) is 0 Å². The monoisotopic (exact) mass is 298 g/mol. The summed E-state index contributed by atoms with van der Waals surface area (Å²) in [4.78, 5) is 0. The summed E-state index contributed by atoms with van der Waals surface area (Å²) in [5.74, 6) is 0. The number of anilines is 1. The number of hydrogen-bond donors (Lipinski definition) is 1. The Hall–Kier alpha value is -2.33. The van der Waals surface area contributed by atoms with Crippen LogP contribution in [0.2, 0.25) is 0 Å². The third-order valence-electron chi connectivity index (χ3n) is 3.59. The van der Waals surface area contributed by atoms with Gasteiger partial charge in [0.25, 0.3) is 5.69 Å². The first-order chi connectivity index (χ1) is 10.4. The highest BCUT2D eigenvalue weighted by Crippen LogP contribution is 2.25. The van der Waals surface area contributed by atoms with E-state index >= 15 is 0 Å². The van der Waals surface area contributed by atoms with Crippen LogP contribution in [0.4, 0.5) is 11.4 Å². The van der Waals surface area contributed by atoms with Gasteiger partial charge in [-0.1, -0.05) is 41.6 Å². The van der Waals surface area contributed by atoms with E-state index < -0.39 is 5.54 Å². The fourth-order valence-corrected chi connectivity index (χ4v) is 2.48. The summed E-state index contributed by atoms with van der Waals surface area (Å²) in [5, 5.41) is 23.8. The molecule has 0 bridgehead atoms. The van der Waals surface area contributed by atoms with Crippen molar-refractivity contribution < 1.29 is 15.2 Å². The summed E-state index contributed by atoms with van der Waals surface area (Å²) in [6.07, 6.45) is 0.441. The van der Waals surface area contributed by atoms with Crippen LogP contribution >= 0.6 is 0 Å². The first-order valence-electron chi connectivity index (χ1n) is 7.31. The highest BCUT2D eigenvalue weighted by molar-refractivity contribution is 5.79. The number of rotatable bonds is 5. The maximum atomic E-state index is 12.6. The lowest BCUT2D eigenvalue weighted by molar-refractivity contribution is -0.714. The summed E-state index contributed by atoms with van der Waals surface area (Å²) < 4.78 is 1.14. The highest BCUT2D eigenvalue weighted by Gasteiger charge is 2.32. The minimum absolute atomic E-state index is 0.441. The number of hydroxylamine groups is 1. The van der Waals surface area contributed by atoms with Crippen LogP contribution in [0.5, 0.6) is 0 Å². The Morgan fingerprint density at radius 3 is 2.09 bits per heavy atom. The van der Waals surface area contributed by atoms with Crippen LogP contribution in [-0.4, -0.2) is 21.2 Å². The molecular weight excluding hydrogens is 276 g/mol. The second-order valence-electron chi connectivity index (χ2n) is 6.00.